The maximum Gasteiger partial charge on any atom is 0.173 e. The Morgan fingerprint density at radius 2 is 1.74 bits per heavy atom. The van der Waals surface area contributed by atoms with E-state index in [4.69, 9.17) is 17.0 Å². The number of rotatable bonds is 2. The summed E-state index contributed by atoms with van der Waals surface area (Å²) in [6.07, 6.45) is 0.558. The number of nitrogens with one attached hydrogen (secondary N) is 1. The van der Waals surface area contributed by atoms with Crippen molar-refractivity contribution in [1.82, 2.24) is 4.90 Å². The molecule has 1 aromatic carbocycles. The van der Waals surface area contributed by atoms with Crippen LogP contribution in [0.25, 0.3) is 0 Å². The molecule has 23 heavy (non-hydrogen) atoms. The van der Waals surface area contributed by atoms with Crippen molar-refractivity contribution >= 4 is 40.5 Å². The minimum atomic E-state index is 0.279. The van der Waals surface area contributed by atoms with Crippen LogP contribution in [0.15, 0.2) is 24.3 Å². The van der Waals surface area contributed by atoms with Crippen molar-refractivity contribution in [3.05, 3.63) is 24.3 Å². The van der Waals surface area contributed by atoms with Crippen LogP contribution in [0.1, 0.15) is 13.8 Å². The molecule has 2 atom stereocenters. The third-order valence-electron chi connectivity index (χ3n) is 4.20. The molecule has 0 saturated carbocycles. The third-order valence-corrected chi connectivity index (χ3v) is 5.50. The Morgan fingerprint density at radius 3 is 2.35 bits per heavy atom. The molecular weight excluding hydrogens is 326 g/mol. The van der Waals surface area contributed by atoms with Crippen LogP contribution in [0, 0.1) is 0 Å². The van der Waals surface area contributed by atoms with Crippen molar-refractivity contribution in [1.29, 1.82) is 0 Å². The molecule has 0 spiro atoms. The molecule has 2 heterocycles. The van der Waals surface area contributed by atoms with Gasteiger partial charge in [-0.25, -0.2) is 0 Å². The molecule has 1 N–H and O–H groups in total. The fourth-order valence-corrected chi connectivity index (χ4v) is 4.32. The number of hydrogen-bond donors (Lipinski definition) is 1. The first kappa shape index (κ1) is 16.9. The van der Waals surface area contributed by atoms with E-state index < -0.39 is 0 Å². The van der Waals surface area contributed by atoms with E-state index in [1.807, 2.05) is 11.8 Å². The summed E-state index contributed by atoms with van der Waals surface area (Å²) in [6.45, 7) is 8.24. The predicted octanol–water partition coefficient (Wildman–Crippen LogP) is 3.05. The summed E-state index contributed by atoms with van der Waals surface area (Å²) < 4.78 is 5.80. The van der Waals surface area contributed by atoms with Crippen molar-refractivity contribution in [2.45, 2.75) is 26.1 Å². The third kappa shape index (κ3) is 4.52. The predicted molar refractivity (Wildman–Crippen MR) is 104 cm³/mol. The highest BCUT2D eigenvalue weighted by atomic mass is 32.2. The number of hydrogen-bond acceptors (Lipinski definition) is 4. The lowest BCUT2D eigenvalue weighted by atomic mass is 10.2. The van der Waals surface area contributed by atoms with Gasteiger partial charge in [0.25, 0.3) is 0 Å². The second kappa shape index (κ2) is 7.73. The highest BCUT2D eigenvalue weighted by Crippen LogP contribution is 2.22. The SMILES string of the molecule is C[C@@H]1CN(c2ccc(NC(=S)N3CCSCC3)cc2)C[C@@H](C)O1. The van der Waals surface area contributed by atoms with E-state index in [-0.39, 0.29) is 12.2 Å². The molecule has 6 heteroatoms. The first-order valence-corrected chi connectivity index (χ1v) is 9.82. The maximum atomic E-state index is 5.80. The standard InChI is InChI=1S/C17H25N3OS2/c1-13-11-20(12-14(2)21-13)16-5-3-15(4-6-16)18-17(22)19-7-9-23-10-8-19/h3-6,13-14H,7-12H2,1-2H3,(H,18,22)/t13-,14-/m1/s1. The molecule has 0 amide bonds. The largest absolute Gasteiger partial charge is 0.372 e. The average molecular weight is 352 g/mol. The Kier molecular flexibility index (Phi) is 5.67. The van der Waals surface area contributed by atoms with Crippen LogP contribution in [-0.2, 0) is 4.74 Å². The zero-order valence-electron chi connectivity index (χ0n) is 13.8. The summed E-state index contributed by atoms with van der Waals surface area (Å²) >= 11 is 7.52. The summed E-state index contributed by atoms with van der Waals surface area (Å²) in [5.41, 5.74) is 2.31. The molecule has 2 saturated heterocycles. The zero-order valence-corrected chi connectivity index (χ0v) is 15.5. The van der Waals surface area contributed by atoms with Crippen molar-refractivity contribution < 1.29 is 4.74 Å². The smallest absolute Gasteiger partial charge is 0.173 e. The molecule has 0 aromatic heterocycles. The van der Waals surface area contributed by atoms with Crippen LogP contribution >= 0.6 is 24.0 Å². The van der Waals surface area contributed by atoms with Crippen LogP contribution in [0.3, 0.4) is 0 Å². The van der Waals surface area contributed by atoms with E-state index in [0.717, 1.165) is 48.5 Å². The normalized spacial score (nSPS) is 25.3. The molecule has 2 aliphatic rings. The van der Waals surface area contributed by atoms with Gasteiger partial charge in [-0.2, -0.15) is 11.8 Å². The highest BCUT2D eigenvalue weighted by Gasteiger charge is 2.22. The number of anilines is 2. The highest BCUT2D eigenvalue weighted by molar-refractivity contribution is 7.99. The molecule has 3 rings (SSSR count). The zero-order chi connectivity index (χ0) is 16.2. The minimum absolute atomic E-state index is 0.279. The van der Waals surface area contributed by atoms with E-state index in [0.29, 0.717) is 0 Å². The second-order valence-electron chi connectivity index (χ2n) is 6.24. The van der Waals surface area contributed by atoms with E-state index in [1.54, 1.807) is 0 Å². The summed E-state index contributed by atoms with van der Waals surface area (Å²) in [6, 6.07) is 8.57. The van der Waals surface area contributed by atoms with Gasteiger partial charge >= 0.3 is 0 Å². The van der Waals surface area contributed by atoms with Crippen molar-refractivity contribution in [3.8, 4) is 0 Å². The van der Waals surface area contributed by atoms with Crippen LogP contribution < -0.4 is 10.2 Å². The average Bonchev–Trinajstić information content (AvgIpc) is 2.55. The Morgan fingerprint density at radius 1 is 1.13 bits per heavy atom. The Labute approximate surface area is 148 Å². The molecule has 0 radical (unpaired) electrons. The van der Waals surface area contributed by atoms with E-state index >= 15 is 0 Å². The van der Waals surface area contributed by atoms with Crippen molar-refractivity contribution in [2.24, 2.45) is 0 Å². The lowest BCUT2D eigenvalue weighted by Crippen LogP contribution is -2.45. The Hall–Kier alpha value is -0.980. The first-order valence-electron chi connectivity index (χ1n) is 8.26. The van der Waals surface area contributed by atoms with Crippen LogP contribution in [0.4, 0.5) is 11.4 Å². The topological polar surface area (TPSA) is 27.7 Å². The second-order valence-corrected chi connectivity index (χ2v) is 7.85. The number of thioether (sulfide) groups is 1. The van der Waals surface area contributed by atoms with Gasteiger partial charge in [0.1, 0.15) is 0 Å². The molecule has 0 aliphatic carbocycles. The number of morpholine rings is 1. The minimum Gasteiger partial charge on any atom is -0.372 e. The van der Waals surface area contributed by atoms with Crippen molar-refractivity contribution in [3.63, 3.8) is 0 Å². The van der Waals surface area contributed by atoms with Gasteiger partial charge in [-0.1, -0.05) is 0 Å². The number of nitrogens with zero attached hydrogens (tertiary/aromatic N) is 2. The molecule has 0 unspecified atom stereocenters. The van der Waals surface area contributed by atoms with Crippen molar-refractivity contribution in [2.75, 3.05) is 47.9 Å². The van der Waals surface area contributed by atoms with Gasteiger partial charge in [0.05, 0.1) is 12.2 Å². The van der Waals surface area contributed by atoms with Gasteiger partial charge in [-0.15, -0.1) is 0 Å². The fourth-order valence-electron chi connectivity index (χ4n) is 3.11. The van der Waals surface area contributed by atoms with Gasteiger partial charge in [-0.3, -0.25) is 0 Å². The molecule has 126 valence electrons. The monoisotopic (exact) mass is 351 g/mol. The summed E-state index contributed by atoms with van der Waals surface area (Å²) in [7, 11) is 0. The number of thiocarbonyl (C=S) groups is 1. The van der Waals surface area contributed by atoms with Gasteiger partial charge in [0, 0.05) is 49.1 Å². The first-order chi connectivity index (χ1) is 11.1. The lowest BCUT2D eigenvalue weighted by molar-refractivity contribution is -0.00521. The molecule has 2 fully saturated rings. The van der Waals surface area contributed by atoms with Crippen LogP contribution in [-0.4, -0.2) is 59.9 Å². The van der Waals surface area contributed by atoms with E-state index in [9.17, 15) is 0 Å². The number of benzene rings is 1. The number of ether oxygens (including phenoxy) is 1. The Balaban J connectivity index is 1.59. The fraction of sp³-hybridized carbons (Fsp3) is 0.588. The maximum absolute atomic E-state index is 5.80. The van der Waals surface area contributed by atoms with Gasteiger partial charge in [0.15, 0.2) is 5.11 Å². The molecule has 0 bridgehead atoms. The van der Waals surface area contributed by atoms with Gasteiger partial charge < -0.3 is 19.9 Å². The Bertz CT molecular complexity index is 521. The van der Waals surface area contributed by atoms with Gasteiger partial charge in [0.2, 0.25) is 0 Å². The van der Waals surface area contributed by atoms with E-state index in [1.165, 1.54) is 5.69 Å². The summed E-state index contributed by atoms with van der Waals surface area (Å²) in [5.74, 6) is 2.32. The molecular formula is C17H25N3OS2. The lowest BCUT2D eigenvalue weighted by Gasteiger charge is -2.37. The van der Waals surface area contributed by atoms with E-state index in [2.05, 4.69) is 53.2 Å². The molecule has 1 aromatic rings. The van der Waals surface area contributed by atoms with Crippen LogP contribution in [0.2, 0.25) is 0 Å². The summed E-state index contributed by atoms with van der Waals surface area (Å²) in [4.78, 5) is 4.65. The summed E-state index contributed by atoms with van der Waals surface area (Å²) in [5, 5.41) is 4.20. The quantitative estimate of drug-likeness (QED) is 0.824. The molecule has 4 nitrogen and oxygen atoms in total. The molecule has 2 aliphatic heterocycles. The van der Waals surface area contributed by atoms with Crippen LogP contribution in [0.5, 0.6) is 0 Å². The van der Waals surface area contributed by atoms with Gasteiger partial charge in [-0.05, 0) is 50.3 Å².